The Labute approximate surface area is 198 Å². The van der Waals surface area contributed by atoms with Gasteiger partial charge < -0.3 is 25.0 Å². The summed E-state index contributed by atoms with van der Waals surface area (Å²) in [5.74, 6) is 1.21. The molecule has 0 saturated carbocycles. The van der Waals surface area contributed by atoms with Crippen LogP contribution >= 0.6 is 0 Å². The number of nitrogens with zero attached hydrogens (tertiary/aromatic N) is 4. The van der Waals surface area contributed by atoms with Crippen LogP contribution in [0.1, 0.15) is 12.1 Å². The molecule has 10 heteroatoms. The van der Waals surface area contributed by atoms with Crippen molar-refractivity contribution >= 4 is 23.2 Å². The zero-order valence-electron chi connectivity index (χ0n) is 19.7. The number of ether oxygens (including phenoxy) is 2. The SMILES string of the molecule is COc1ccc(OCCN(C)C(=O)Cn2cc(NC(=O)CCNc3ccnc(C)c3)cn2)cc1. The van der Waals surface area contributed by atoms with E-state index in [0.29, 0.717) is 37.6 Å². The number of nitrogens with one attached hydrogen (secondary N) is 2. The molecule has 0 spiro atoms. The van der Waals surface area contributed by atoms with Crippen LogP contribution in [0.2, 0.25) is 0 Å². The monoisotopic (exact) mass is 466 g/mol. The molecule has 0 saturated heterocycles. The Morgan fingerprint density at radius 3 is 2.62 bits per heavy atom. The molecule has 0 aliphatic heterocycles. The van der Waals surface area contributed by atoms with Crippen molar-refractivity contribution in [2.24, 2.45) is 0 Å². The van der Waals surface area contributed by atoms with Gasteiger partial charge in [0.1, 0.15) is 24.7 Å². The summed E-state index contributed by atoms with van der Waals surface area (Å²) in [5.41, 5.74) is 2.38. The highest BCUT2D eigenvalue weighted by Gasteiger charge is 2.12. The largest absolute Gasteiger partial charge is 0.497 e. The molecule has 2 N–H and O–H groups in total. The van der Waals surface area contributed by atoms with Gasteiger partial charge in [-0.2, -0.15) is 5.10 Å². The van der Waals surface area contributed by atoms with Gasteiger partial charge in [-0.1, -0.05) is 0 Å². The average molecular weight is 467 g/mol. The highest BCUT2D eigenvalue weighted by Crippen LogP contribution is 2.17. The van der Waals surface area contributed by atoms with Crippen LogP contribution in [0.3, 0.4) is 0 Å². The summed E-state index contributed by atoms with van der Waals surface area (Å²) >= 11 is 0. The molecule has 0 radical (unpaired) electrons. The predicted octanol–water partition coefficient (Wildman–Crippen LogP) is 2.57. The van der Waals surface area contributed by atoms with Gasteiger partial charge in [0.15, 0.2) is 0 Å². The number of methoxy groups -OCH3 is 1. The highest BCUT2D eigenvalue weighted by atomic mass is 16.5. The van der Waals surface area contributed by atoms with E-state index in [4.69, 9.17) is 9.47 Å². The number of carbonyl (C=O) groups excluding carboxylic acids is 2. The van der Waals surface area contributed by atoms with Crippen molar-refractivity contribution in [2.75, 3.05) is 44.5 Å². The summed E-state index contributed by atoms with van der Waals surface area (Å²) in [6.07, 6.45) is 5.18. The Balaban J connectivity index is 1.36. The Bertz CT molecular complexity index is 1080. The van der Waals surface area contributed by atoms with E-state index < -0.39 is 0 Å². The average Bonchev–Trinajstić information content (AvgIpc) is 3.26. The first-order valence-electron chi connectivity index (χ1n) is 10.9. The molecular formula is C24H30N6O4. The Morgan fingerprint density at radius 1 is 1.12 bits per heavy atom. The number of benzene rings is 1. The van der Waals surface area contributed by atoms with Crippen LogP contribution in [0, 0.1) is 6.92 Å². The number of likely N-dealkylation sites (N-methyl/N-ethyl adjacent to an activating group) is 1. The first kappa shape index (κ1) is 24.6. The van der Waals surface area contributed by atoms with E-state index in [2.05, 4.69) is 20.7 Å². The zero-order valence-corrected chi connectivity index (χ0v) is 19.7. The number of hydrogen-bond donors (Lipinski definition) is 2. The summed E-state index contributed by atoms with van der Waals surface area (Å²) in [4.78, 5) is 30.4. The highest BCUT2D eigenvalue weighted by molar-refractivity contribution is 5.90. The van der Waals surface area contributed by atoms with Gasteiger partial charge in [0.05, 0.1) is 25.5 Å². The fourth-order valence-electron chi connectivity index (χ4n) is 3.07. The van der Waals surface area contributed by atoms with Crippen molar-refractivity contribution in [1.82, 2.24) is 19.7 Å². The minimum absolute atomic E-state index is 0.0673. The Morgan fingerprint density at radius 2 is 1.88 bits per heavy atom. The molecule has 10 nitrogen and oxygen atoms in total. The van der Waals surface area contributed by atoms with Gasteiger partial charge in [-0.25, -0.2) is 0 Å². The molecule has 180 valence electrons. The first-order chi connectivity index (χ1) is 16.4. The maximum atomic E-state index is 12.5. The normalized spacial score (nSPS) is 10.4. The minimum Gasteiger partial charge on any atom is -0.497 e. The lowest BCUT2D eigenvalue weighted by atomic mass is 10.3. The van der Waals surface area contributed by atoms with Crippen molar-refractivity contribution < 1.29 is 19.1 Å². The second kappa shape index (κ2) is 12.2. The molecule has 2 aromatic heterocycles. The molecule has 0 fully saturated rings. The number of pyridine rings is 1. The van der Waals surface area contributed by atoms with Gasteiger partial charge in [-0.05, 0) is 43.3 Å². The van der Waals surface area contributed by atoms with Gasteiger partial charge in [-0.3, -0.25) is 19.3 Å². The van der Waals surface area contributed by atoms with Crippen LogP contribution < -0.4 is 20.1 Å². The Kier molecular flexibility index (Phi) is 8.84. The van der Waals surface area contributed by atoms with E-state index in [1.54, 1.807) is 31.5 Å². The molecule has 0 unspecified atom stereocenters. The van der Waals surface area contributed by atoms with Crippen molar-refractivity contribution in [3.63, 3.8) is 0 Å². The van der Waals surface area contributed by atoms with Crippen LogP contribution in [0.4, 0.5) is 11.4 Å². The number of rotatable bonds is 12. The van der Waals surface area contributed by atoms with Crippen LogP contribution in [0.15, 0.2) is 55.0 Å². The standard InChI is InChI=1S/C24H30N6O4/c1-18-14-19(8-10-25-18)26-11-9-23(31)28-20-15-27-30(16-20)17-24(32)29(2)12-13-34-22-6-4-21(33-3)5-7-22/h4-8,10,14-16H,9,11-13,17H2,1-3H3,(H,25,26)(H,28,31). The molecule has 0 bridgehead atoms. The van der Waals surface area contributed by atoms with Crippen molar-refractivity contribution in [2.45, 2.75) is 19.9 Å². The molecule has 0 aliphatic carbocycles. The lowest BCUT2D eigenvalue weighted by molar-refractivity contribution is -0.131. The molecule has 1 aromatic carbocycles. The number of carbonyl (C=O) groups is 2. The van der Waals surface area contributed by atoms with Gasteiger partial charge >= 0.3 is 0 Å². The second-order valence-corrected chi connectivity index (χ2v) is 7.68. The quantitative estimate of drug-likeness (QED) is 0.422. The lowest BCUT2D eigenvalue weighted by Gasteiger charge is -2.17. The maximum Gasteiger partial charge on any atom is 0.244 e. The molecule has 0 atom stereocenters. The van der Waals surface area contributed by atoms with E-state index in [-0.39, 0.29) is 18.4 Å². The second-order valence-electron chi connectivity index (χ2n) is 7.68. The van der Waals surface area contributed by atoms with Gasteiger partial charge in [0, 0.05) is 43.8 Å². The van der Waals surface area contributed by atoms with Gasteiger partial charge in [-0.15, -0.1) is 0 Å². The first-order valence-corrected chi connectivity index (χ1v) is 10.9. The fraction of sp³-hybridized carbons (Fsp3) is 0.333. The van der Waals surface area contributed by atoms with Crippen LogP contribution in [-0.2, 0) is 16.1 Å². The molecule has 0 aliphatic rings. The third kappa shape index (κ3) is 7.80. The van der Waals surface area contributed by atoms with E-state index in [1.165, 1.54) is 10.9 Å². The van der Waals surface area contributed by atoms with E-state index >= 15 is 0 Å². The number of aryl methyl sites for hydroxylation is 1. The molecular weight excluding hydrogens is 436 g/mol. The predicted molar refractivity (Wildman–Crippen MR) is 129 cm³/mol. The van der Waals surface area contributed by atoms with Crippen molar-refractivity contribution in [3.8, 4) is 11.5 Å². The number of anilines is 2. The number of amides is 2. The molecule has 2 amide bonds. The lowest BCUT2D eigenvalue weighted by Crippen LogP contribution is -2.33. The minimum atomic E-state index is -0.142. The summed E-state index contributed by atoms with van der Waals surface area (Å²) in [6.45, 7) is 3.26. The van der Waals surface area contributed by atoms with Crippen molar-refractivity contribution in [3.05, 3.63) is 60.7 Å². The van der Waals surface area contributed by atoms with E-state index in [1.807, 2.05) is 43.3 Å². The summed E-state index contributed by atoms with van der Waals surface area (Å²) in [7, 11) is 3.32. The fourth-order valence-corrected chi connectivity index (χ4v) is 3.07. The molecule has 3 rings (SSSR count). The number of aromatic nitrogens is 3. The van der Waals surface area contributed by atoms with Crippen LogP contribution in [0.25, 0.3) is 0 Å². The van der Waals surface area contributed by atoms with Gasteiger partial charge in [0.25, 0.3) is 0 Å². The summed E-state index contributed by atoms with van der Waals surface area (Å²) < 4.78 is 12.3. The maximum absolute atomic E-state index is 12.5. The van der Waals surface area contributed by atoms with Crippen molar-refractivity contribution in [1.29, 1.82) is 0 Å². The summed E-state index contributed by atoms with van der Waals surface area (Å²) in [6, 6.07) is 11.0. The molecule has 34 heavy (non-hydrogen) atoms. The van der Waals surface area contributed by atoms with Gasteiger partial charge in [0.2, 0.25) is 11.8 Å². The van der Waals surface area contributed by atoms with Crippen LogP contribution in [-0.4, -0.2) is 65.3 Å². The topological polar surface area (TPSA) is 111 Å². The zero-order chi connectivity index (χ0) is 24.3. The van der Waals surface area contributed by atoms with Crippen LogP contribution in [0.5, 0.6) is 11.5 Å². The summed E-state index contributed by atoms with van der Waals surface area (Å²) in [5, 5.41) is 10.1. The number of hydrogen-bond acceptors (Lipinski definition) is 7. The smallest absolute Gasteiger partial charge is 0.244 e. The van der Waals surface area contributed by atoms with E-state index in [9.17, 15) is 9.59 Å². The third-order valence-electron chi connectivity index (χ3n) is 4.97. The molecule has 2 heterocycles. The van der Waals surface area contributed by atoms with E-state index in [0.717, 1.165) is 17.1 Å². The third-order valence-corrected chi connectivity index (χ3v) is 4.97. The Hall–Kier alpha value is -4.08. The molecule has 3 aromatic rings.